The van der Waals surface area contributed by atoms with Crippen molar-refractivity contribution in [1.29, 1.82) is 0 Å². The fourth-order valence-electron chi connectivity index (χ4n) is 2.81. The highest BCUT2D eigenvalue weighted by Crippen LogP contribution is 2.33. The van der Waals surface area contributed by atoms with E-state index >= 15 is 0 Å². The Labute approximate surface area is 130 Å². The Hall–Kier alpha value is -0.520. The van der Waals surface area contributed by atoms with Crippen LogP contribution >= 0.6 is 24.0 Å². The Bertz CT molecular complexity index is 451. The van der Waals surface area contributed by atoms with Crippen molar-refractivity contribution in [2.45, 2.75) is 56.7 Å². The number of nitrogens with two attached hydrogens (primary N) is 1. The van der Waals surface area contributed by atoms with Crippen LogP contribution in [0.15, 0.2) is 5.38 Å². The number of thiol groups is 1. The van der Waals surface area contributed by atoms with Crippen LogP contribution < -0.4 is 11.1 Å². The second-order valence-corrected chi connectivity index (χ2v) is 7.32. The fraction of sp³-hybridized carbons (Fsp3) is 0.667. The Kier molecular flexibility index (Phi) is 5.93. The van der Waals surface area contributed by atoms with Crippen molar-refractivity contribution in [2.24, 2.45) is 5.73 Å². The van der Waals surface area contributed by atoms with Gasteiger partial charge >= 0.3 is 0 Å². The van der Waals surface area contributed by atoms with Crippen molar-refractivity contribution in [3.05, 3.63) is 21.4 Å². The van der Waals surface area contributed by atoms with Crippen LogP contribution in [0.3, 0.4) is 0 Å². The van der Waals surface area contributed by atoms with Crippen molar-refractivity contribution < 1.29 is 4.79 Å². The van der Waals surface area contributed by atoms with Gasteiger partial charge in [-0.25, -0.2) is 0 Å². The highest BCUT2D eigenvalue weighted by molar-refractivity contribution is 7.80. The predicted molar refractivity (Wildman–Crippen MR) is 88.6 cm³/mol. The minimum Gasteiger partial charge on any atom is -0.370 e. The van der Waals surface area contributed by atoms with Crippen LogP contribution in [-0.4, -0.2) is 18.5 Å². The van der Waals surface area contributed by atoms with Gasteiger partial charge in [0, 0.05) is 22.6 Å². The number of carbonyl (C=O) groups is 1. The number of primary amides is 1. The van der Waals surface area contributed by atoms with E-state index in [1.807, 2.05) is 11.3 Å². The molecule has 5 heteroatoms. The molecule has 2 heterocycles. The maximum absolute atomic E-state index is 11.1. The van der Waals surface area contributed by atoms with Crippen molar-refractivity contribution in [2.75, 3.05) is 6.54 Å². The lowest BCUT2D eigenvalue weighted by Crippen LogP contribution is -2.35. The van der Waals surface area contributed by atoms with Gasteiger partial charge in [0.25, 0.3) is 0 Å². The van der Waals surface area contributed by atoms with Gasteiger partial charge in [-0.1, -0.05) is 6.42 Å². The molecule has 0 bridgehead atoms. The Balaban J connectivity index is 2.11. The van der Waals surface area contributed by atoms with E-state index in [0.717, 1.165) is 19.4 Å². The third-order valence-electron chi connectivity index (χ3n) is 3.93. The summed E-state index contributed by atoms with van der Waals surface area (Å²) in [4.78, 5) is 12.5. The summed E-state index contributed by atoms with van der Waals surface area (Å²) in [5.74, 6) is -0.226. The summed E-state index contributed by atoms with van der Waals surface area (Å²) in [7, 11) is 0. The number of nitrogens with one attached hydrogen (secondary N) is 1. The molecule has 0 saturated carbocycles. The minimum atomic E-state index is -0.226. The molecule has 3 nitrogen and oxygen atoms in total. The first kappa shape index (κ1) is 15.9. The third kappa shape index (κ3) is 4.24. The van der Waals surface area contributed by atoms with Crippen LogP contribution in [-0.2, 0) is 17.6 Å². The molecule has 1 amide bonds. The summed E-state index contributed by atoms with van der Waals surface area (Å²) >= 11 is 6.36. The number of piperidine rings is 1. The Morgan fingerprint density at radius 2 is 2.40 bits per heavy atom. The van der Waals surface area contributed by atoms with Crippen LogP contribution in [0.1, 0.15) is 53.9 Å². The summed E-state index contributed by atoms with van der Waals surface area (Å²) in [5, 5.41) is 6.01. The van der Waals surface area contributed by atoms with Gasteiger partial charge in [-0.15, -0.1) is 11.3 Å². The maximum atomic E-state index is 11.1. The van der Waals surface area contributed by atoms with E-state index in [-0.39, 0.29) is 11.2 Å². The summed E-state index contributed by atoms with van der Waals surface area (Å²) in [6, 6.07) is 0.581. The van der Waals surface area contributed by atoms with Crippen molar-refractivity contribution in [3.8, 4) is 0 Å². The van der Waals surface area contributed by atoms with Crippen molar-refractivity contribution >= 4 is 29.9 Å². The molecule has 1 aromatic rings. The lowest BCUT2D eigenvalue weighted by Gasteiger charge is -2.23. The number of thiophene rings is 1. The van der Waals surface area contributed by atoms with Gasteiger partial charge in [0.15, 0.2) is 0 Å². The summed E-state index contributed by atoms with van der Waals surface area (Å²) in [6.45, 7) is 3.21. The molecule has 20 heavy (non-hydrogen) atoms. The minimum absolute atomic E-state index is 0.210. The first-order valence-electron chi connectivity index (χ1n) is 7.36. The molecule has 1 aromatic heterocycles. The van der Waals surface area contributed by atoms with E-state index in [1.54, 1.807) is 0 Å². The second kappa shape index (κ2) is 7.48. The molecule has 0 spiro atoms. The average molecular weight is 313 g/mol. The SMILES string of the molecule is CC(S)c1csc(CC2CCCCN2)c1CCC(N)=O. The number of hydrogen-bond acceptors (Lipinski definition) is 4. The van der Waals surface area contributed by atoms with Gasteiger partial charge < -0.3 is 11.1 Å². The highest BCUT2D eigenvalue weighted by atomic mass is 32.1. The molecule has 0 aliphatic carbocycles. The smallest absolute Gasteiger partial charge is 0.217 e. The average Bonchev–Trinajstić information content (AvgIpc) is 2.80. The molecular weight excluding hydrogens is 288 g/mol. The predicted octanol–water partition coefficient (Wildman–Crippen LogP) is 2.84. The van der Waals surface area contributed by atoms with E-state index in [1.165, 1.54) is 35.3 Å². The molecule has 0 aromatic carbocycles. The van der Waals surface area contributed by atoms with Gasteiger partial charge in [0.1, 0.15) is 0 Å². The highest BCUT2D eigenvalue weighted by Gasteiger charge is 2.19. The number of amides is 1. The second-order valence-electron chi connectivity index (χ2n) is 5.59. The van der Waals surface area contributed by atoms with Crippen LogP contribution in [0.25, 0.3) is 0 Å². The van der Waals surface area contributed by atoms with E-state index in [9.17, 15) is 4.79 Å². The normalized spacial score (nSPS) is 20.8. The van der Waals surface area contributed by atoms with Crippen molar-refractivity contribution in [1.82, 2.24) is 5.32 Å². The van der Waals surface area contributed by atoms with Gasteiger partial charge in [-0.3, -0.25) is 4.79 Å². The lowest BCUT2D eigenvalue weighted by molar-refractivity contribution is -0.117. The molecule has 1 saturated heterocycles. The third-order valence-corrected chi connectivity index (χ3v) is 5.28. The van der Waals surface area contributed by atoms with E-state index in [4.69, 9.17) is 5.73 Å². The zero-order valence-electron chi connectivity index (χ0n) is 12.0. The molecule has 112 valence electrons. The molecule has 2 rings (SSSR count). The Morgan fingerprint density at radius 3 is 3.00 bits per heavy atom. The Morgan fingerprint density at radius 1 is 1.60 bits per heavy atom. The zero-order chi connectivity index (χ0) is 14.5. The first-order valence-corrected chi connectivity index (χ1v) is 8.76. The van der Waals surface area contributed by atoms with Crippen LogP contribution in [0.4, 0.5) is 0 Å². The largest absolute Gasteiger partial charge is 0.370 e. The van der Waals surface area contributed by atoms with Gasteiger partial charge in [-0.05, 0) is 55.7 Å². The zero-order valence-corrected chi connectivity index (χ0v) is 13.7. The van der Waals surface area contributed by atoms with Crippen LogP contribution in [0.2, 0.25) is 0 Å². The standard InChI is InChI=1S/C15H24N2OS2/c1-10(19)13-9-20-14(12(13)5-6-15(16)18)8-11-4-2-3-7-17-11/h9-11,17,19H,2-8H2,1H3,(H2,16,18). The van der Waals surface area contributed by atoms with Crippen molar-refractivity contribution in [3.63, 3.8) is 0 Å². The molecular formula is C15H24N2OS2. The van der Waals surface area contributed by atoms with Gasteiger partial charge in [0.2, 0.25) is 5.91 Å². The molecule has 1 aliphatic heterocycles. The summed E-state index contributed by atoms with van der Waals surface area (Å²) in [6.07, 6.45) is 6.10. The van der Waals surface area contributed by atoms with E-state index in [2.05, 4.69) is 30.2 Å². The molecule has 3 N–H and O–H groups in total. The van der Waals surface area contributed by atoms with E-state index in [0.29, 0.717) is 12.5 Å². The quantitative estimate of drug-likeness (QED) is 0.708. The first-order chi connectivity index (χ1) is 9.58. The fourth-order valence-corrected chi connectivity index (χ4v) is 4.42. The summed E-state index contributed by atoms with van der Waals surface area (Å²) < 4.78 is 0. The number of hydrogen-bond donors (Lipinski definition) is 3. The molecule has 2 atom stereocenters. The maximum Gasteiger partial charge on any atom is 0.217 e. The van der Waals surface area contributed by atoms with Crippen LogP contribution in [0, 0.1) is 0 Å². The summed E-state index contributed by atoms with van der Waals surface area (Å²) in [5.41, 5.74) is 7.88. The topological polar surface area (TPSA) is 55.1 Å². The van der Waals surface area contributed by atoms with E-state index < -0.39 is 0 Å². The molecule has 1 aliphatic rings. The molecule has 1 fully saturated rings. The number of rotatable bonds is 6. The molecule has 0 radical (unpaired) electrons. The molecule has 2 unspecified atom stereocenters. The number of carbonyl (C=O) groups excluding carboxylic acids is 1. The van der Waals surface area contributed by atoms with Gasteiger partial charge in [-0.2, -0.15) is 12.6 Å². The monoisotopic (exact) mass is 312 g/mol. The lowest BCUT2D eigenvalue weighted by atomic mass is 9.96. The van der Waals surface area contributed by atoms with Gasteiger partial charge in [0.05, 0.1) is 0 Å². The van der Waals surface area contributed by atoms with Crippen LogP contribution in [0.5, 0.6) is 0 Å².